The van der Waals surface area contributed by atoms with Gasteiger partial charge in [0.25, 0.3) is 5.91 Å². The van der Waals surface area contributed by atoms with Crippen molar-refractivity contribution in [3.63, 3.8) is 0 Å². The second-order valence-electron chi connectivity index (χ2n) is 7.26. The Morgan fingerprint density at radius 1 is 1.13 bits per heavy atom. The van der Waals surface area contributed by atoms with Gasteiger partial charge in [-0.3, -0.25) is 14.8 Å². The van der Waals surface area contributed by atoms with Gasteiger partial charge in [0.1, 0.15) is 11.4 Å². The molecular formula is C22H21F3N4O2. The first kappa shape index (κ1) is 21.0. The first-order valence-corrected chi connectivity index (χ1v) is 9.85. The zero-order chi connectivity index (χ0) is 22.0. The second kappa shape index (κ2) is 8.50. The van der Waals surface area contributed by atoms with E-state index in [0.29, 0.717) is 31.9 Å². The molecule has 0 aliphatic carbocycles. The van der Waals surface area contributed by atoms with E-state index in [0.717, 1.165) is 4.57 Å². The van der Waals surface area contributed by atoms with Crippen LogP contribution >= 0.6 is 0 Å². The molecule has 0 atom stereocenters. The Bertz CT molecular complexity index is 1060. The highest BCUT2D eigenvalue weighted by Gasteiger charge is 2.42. The van der Waals surface area contributed by atoms with Crippen LogP contribution in [0.5, 0.6) is 0 Å². The number of rotatable bonds is 4. The maximum atomic E-state index is 14.2. The fourth-order valence-corrected chi connectivity index (χ4v) is 3.92. The van der Waals surface area contributed by atoms with Crippen LogP contribution in [-0.4, -0.2) is 51.6 Å². The van der Waals surface area contributed by atoms with Crippen LogP contribution in [-0.2, 0) is 17.5 Å². The summed E-state index contributed by atoms with van der Waals surface area (Å²) in [7, 11) is 0. The van der Waals surface area contributed by atoms with Gasteiger partial charge in [-0.1, -0.05) is 30.3 Å². The maximum Gasteiger partial charge on any atom is 0.431 e. The predicted octanol–water partition coefficient (Wildman–Crippen LogP) is 3.79. The number of halogens is 3. The van der Waals surface area contributed by atoms with Crippen LogP contribution in [0.15, 0.2) is 48.9 Å². The number of ether oxygens (including phenoxy) is 1. The van der Waals surface area contributed by atoms with E-state index in [1.165, 1.54) is 30.4 Å². The van der Waals surface area contributed by atoms with Crippen LogP contribution < -0.4 is 0 Å². The lowest BCUT2D eigenvalue weighted by Crippen LogP contribution is -2.41. The molecule has 1 aliphatic heterocycles. The SMILES string of the molecule is Cc1c(-c2cnccn2)c(C(=O)N2CCOCC2)n(Cc2ccccc2)c1C(F)(F)F. The van der Waals surface area contributed by atoms with Crippen molar-refractivity contribution in [1.82, 2.24) is 19.4 Å². The number of alkyl halides is 3. The molecule has 31 heavy (non-hydrogen) atoms. The van der Waals surface area contributed by atoms with Gasteiger partial charge in [-0.05, 0) is 18.1 Å². The molecule has 1 fully saturated rings. The number of aromatic nitrogens is 3. The highest BCUT2D eigenvalue weighted by molar-refractivity contribution is 6.00. The standard InChI is InChI=1S/C22H21F3N4O2/c1-15-18(17-13-26-7-8-27-17)19(21(30)28-9-11-31-12-10-28)29(20(15)22(23,24)25)14-16-5-3-2-4-6-16/h2-8,13H,9-12,14H2,1H3. The van der Waals surface area contributed by atoms with Gasteiger partial charge in [-0.2, -0.15) is 13.2 Å². The van der Waals surface area contributed by atoms with E-state index in [-0.39, 0.29) is 29.1 Å². The van der Waals surface area contributed by atoms with Crippen molar-refractivity contribution in [2.24, 2.45) is 0 Å². The minimum atomic E-state index is -4.65. The number of hydrogen-bond acceptors (Lipinski definition) is 4. The zero-order valence-corrected chi connectivity index (χ0v) is 16.9. The molecule has 4 rings (SSSR count). The fraction of sp³-hybridized carbons (Fsp3) is 0.318. The van der Waals surface area contributed by atoms with Crippen LogP contribution in [0.1, 0.15) is 27.3 Å². The van der Waals surface area contributed by atoms with Gasteiger partial charge < -0.3 is 14.2 Å². The van der Waals surface area contributed by atoms with Crippen molar-refractivity contribution in [3.05, 3.63) is 71.4 Å². The molecule has 0 saturated carbocycles. The summed E-state index contributed by atoms with van der Waals surface area (Å²) in [5.41, 5.74) is 0.122. The van der Waals surface area contributed by atoms with Gasteiger partial charge >= 0.3 is 6.18 Å². The third-order valence-corrected chi connectivity index (χ3v) is 5.28. The van der Waals surface area contributed by atoms with Gasteiger partial charge in [-0.25, -0.2) is 0 Å². The average molecular weight is 430 g/mol. The Labute approximate surface area is 177 Å². The van der Waals surface area contributed by atoms with E-state index in [2.05, 4.69) is 9.97 Å². The third-order valence-electron chi connectivity index (χ3n) is 5.28. The normalized spacial score (nSPS) is 14.6. The second-order valence-corrected chi connectivity index (χ2v) is 7.26. The van der Waals surface area contributed by atoms with Gasteiger partial charge in [0.15, 0.2) is 0 Å². The summed E-state index contributed by atoms with van der Waals surface area (Å²) in [5, 5.41) is 0. The summed E-state index contributed by atoms with van der Waals surface area (Å²) in [6.45, 7) is 2.60. The molecule has 3 aromatic rings. The highest BCUT2D eigenvalue weighted by atomic mass is 19.4. The van der Waals surface area contributed by atoms with Gasteiger partial charge in [0.05, 0.1) is 25.1 Å². The molecule has 2 aromatic heterocycles. The van der Waals surface area contributed by atoms with Crippen LogP contribution in [0, 0.1) is 6.92 Å². The summed E-state index contributed by atoms with van der Waals surface area (Å²) in [5.74, 6) is -0.474. The molecule has 1 aliphatic rings. The predicted molar refractivity (Wildman–Crippen MR) is 107 cm³/mol. The lowest BCUT2D eigenvalue weighted by Gasteiger charge is -2.28. The Morgan fingerprint density at radius 3 is 2.45 bits per heavy atom. The molecule has 3 heterocycles. The summed E-state index contributed by atoms with van der Waals surface area (Å²) < 4.78 is 49.1. The molecule has 0 bridgehead atoms. The van der Waals surface area contributed by atoms with Crippen LogP contribution in [0.25, 0.3) is 11.3 Å². The van der Waals surface area contributed by atoms with Crippen LogP contribution in [0.4, 0.5) is 13.2 Å². The molecule has 9 heteroatoms. The van der Waals surface area contributed by atoms with Crippen LogP contribution in [0.3, 0.4) is 0 Å². The van der Waals surface area contributed by atoms with Crippen molar-refractivity contribution >= 4 is 5.91 Å². The average Bonchev–Trinajstić information content (AvgIpc) is 3.07. The summed E-state index contributed by atoms with van der Waals surface area (Å²) in [6.07, 6.45) is -0.432. The number of carbonyl (C=O) groups excluding carboxylic acids is 1. The van der Waals surface area contributed by atoms with E-state index in [1.54, 1.807) is 30.3 Å². The van der Waals surface area contributed by atoms with Crippen molar-refractivity contribution < 1.29 is 22.7 Å². The summed E-state index contributed by atoms with van der Waals surface area (Å²) >= 11 is 0. The molecule has 0 spiro atoms. The maximum absolute atomic E-state index is 14.2. The van der Waals surface area contributed by atoms with Gasteiger partial charge in [0, 0.05) is 37.6 Å². The number of carbonyl (C=O) groups is 1. The van der Waals surface area contributed by atoms with E-state index >= 15 is 0 Å². The van der Waals surface area contributed by atoms with E-state index in [4.69, 9.17) is 4.74 Å². The van der Waals surface area contributed by atoms with E-state index in [1.807, 2.05) is 0 Å². The smallest absolute Gasteiger partial charge is 0.378 e. The Kier molecular flexibility index (Phi) is 5.77. The summed E-state index contributed by atoms with van der Waals surface area (Å²) in [6, 6.07) is 8.78. The largest absolute Gasteiger partial charge is 0.431 e. The monoisotopic (exact) mass is 430 g/mol. The zero-order valence-electron chi connectivity index (χ0n) is 16.9. The highest BCUT2D eigenvalue weighted by Crippen LogP contribution is 2.41. The van der Waals surface area contributed by atoms with Gasteiger partial charge in [-0.15, -0.1) is 0 Å². The Morgan fingerprint density at radius 2 is 1.84 bits per heavy atom. The molecule has 1 aromatic carbocycles. The lowest BCUT2D eigenvalue weighted by atomic mass is 10.1. The number of nitrogens with zero attached hydrogens (tertiary/aromatic N) is 4. The molecule has 1 amide bonds. The van der Waals surface area contributed by atoms with Crippen LogP contribution in [0.2, 0.25) is 0 Å². The fourth-order valence-electron chi connectivity index (χ4n) is 3.92. The van der Waals surface area contributed by atoms with Crippen molar-refractivity contribution in [1.29, 1.82) is 0 Å². The number of amides is 1. The quantitative estimate of drug-likeness (QED) is 0.632. The minimum Gasteiger partial charge on any atom is -0.378 e. The Hall–Kier alpha value is -3.20. The van der Waals surface area contributed by atoms with Gasteiger partial charge in [0.2, 0.25) is 0 Å². The first-order chi connectivity index (χ1) is 14.9. The molecule has 0 unspecified atom stereocenters. The number of benzene rings is 1. The topological polar surface area (TPSA) is 60.3 Å². The van der Waals surface area contributed by atoms with Crippen molar-refractivity contribution in [3.8, 4) is 11.3 Å². The summed E-state index contributed by atoms with van der Waals surface area (Å²) in [4.78, 5) is 23.3. The molecule has 162 valence electrons. The third kappa shape index (κ3) is 4.18. The molecule has 1 saturated heterocycles. The number of morpholine rings is 1. The Balaban J connectivity index is 1.97. The molecule has 6 nitrogen and oxygen atoms in total. The van der Waals surface area contributed by atoms with E-state index in [9.17, 15) is 18.0 Å². The molecular weight excluding hydrogens is 409 g/mol. The molecule has 0 radical (unpaired) electrons. The van der Waals surface area contributed by atoms with E-state index < -0.39 is 17.8 Å². The van der Waals surface area contributed by atoms with Crippen molar-refractivity contribution in [2.75, 3.05) is 26.3 Å². The lowest BCUT2D eigenvalue weighted by molar-refractivity contribution is -0.143. The minimum absolute atomic E-state index is 0.0314. The first-order valence-electron chi connectivity index (χ1n) is 9.85. The molecule has 0 N–H and O–H groups in total. The number of hydrogen-bond donors (Lipinski definition) is 0. The van der Waals surface area contributed by atoms with Crippen molar-refractivity contribution in [2.45, 2.75) is 19.6 Å².